The van der Waals surface area contributed by atoms with E-state index in [2.05, 4.69) is 10.6 Å². The number of imide groups is 1. The second-order valence-electron chi connectivity index (χ2n) is 21.1. The molecule has 7 rings (SSSR count). The molecule has 2 aliphatic heterocycles. The van der Waals surface area contributed by atoms with E-state index in [1.807, 2.05) is 0 Å². The van der Waals surface area contributed by atoms with Crippen molar-refractivity contribution in [1.29, 1.82) is 0 Å². The third-order valence-corrected chi connectivity index (χ3v) is 15.2. The number of benzene rings is 3. The first-order valence-electron chi connectivity index (χ1n) is 26.6. The lowest BCUT2D eigenvalue weighted by Crippen LogP contribution is -2.48. The van der Waals surface area contributed by atoms with Crippen LogP contribution in [-0.2, 0) is 76.8 Å². The van der Waals surface area contributed by atoms with Crippen LogP contribution in [0, 0.1) is 11.8 Å². The number of methoxy groups -OCH3 is 1. The van der Waals surface area contributed by atoms with Gasteiger partial charge in [0.1, 0.15) is 29.5 Å². The molecule has 0 bridgehead atoms. The van der Waals surface area contributed by atoms with Crippen LogP contribution in [-0.4, -0.2) is 140 Å². The van der Waals surface area contributed by atoms with Gasteiger partial charge < -0.3 is 55.7 Å². The van der Waals surface area contributed by atoms with Gasteiger partial charge in [-0.25, -0.2) is 0 Å². The standard InChI is InChI=1S/C58H66N4O19/c1-28(20-38(64)29(2)60-43(67)12-7-6-8-19-62-44(68)17-18-45(62)69)57(76)61-37(24-42(59)66)39(65)21-32-13-15-33(16-14-32)27-79-46(70)22-34-23-47(80-30(3)52(34)71)81-41-26-58(77,31(4)63)25-36-49(41)56(75)51-50(54(36)73)53(72)35-10-9-11-40(78-5)48(35)55(51)74/h9-11,13-18,28-30,34,37,41,47,52,71,73,75,77H,6-8,12,19-27H2,1-5H3,(H2,59,66)(H,60,67)(H,61,76)/t28-,29+,30+,34+,37+,41+,47+,52-,58+/m1/s1. The molecule has 1 fully saturated rings. The third-order valence-electron chi connectivity index (χ3n) is 15.2. The van der Waals surface area contributed by atoms with Gasteiger partial charge in [-0.3, -0.25) is 57.6 Å². The Bertz CT molecular complexity index is 3060. The summed E-state index contributed by atoms with van der Waals surface area (Å²) in [6.45, 7) is 5.60. The van der Waals surface area contributed by atoms with Crippen LogP contribution >= 0.6 is 0 Å². The highest BCUT2D eigenvalue weighted by Gasteiger charge is 2.50. The Hall–Kier alpha value is -7.99. The quantitative estimate of drug-likeness (QED) is 0.0217. The van der Waals surface area contributed by atoms with E-state index in [4.69, 9.17) is 24.7 Å². The number of primary amides is 1. The highest BCUT2D eigenvalue weighted by molar-refractivity contribution is 6.31. The number of Topliss-reactive ketones (excluding diaryl/α,β-unsaturated/α-hetero) is 3. The van der Waals surface area contributed by atoms with Crippen LogP contribution in [0.3, 0.4) is 0 Å². The van der Waals surface area contributed by atoms with Crippen LogP contribution in [0.25, 0.3) is 0 Å². The zero-order valence-corrected chi connectivity index (χ0v) is 45.4. The third kappa shape index (κ3) is 13.8. The van der Waals surface area contributed by atoms with Crippen LogP contribution in [0.2, 0.25) is 0 Å². The first-order chi connectivity index (χ1) is 38.3. The van der Waals surface area contributed by atoms with Crippen molar-refractivity contribution in [1.82, 2.24) is 15.5 Å². The highest BCUT2D eigenvalue weighted by atomic mass is 16.7. The van der Waals surface area contributed by atoms with E-state index in [-0.39, 0.29) is 85.1 Å². The second kappa shape index (κ2) is 25.6. The van der Waals surface area contributed by atoms with Gasteiger partial charge in [0, 0.05) is 85.7 Å². The van der Waals surface area contributed by atoms with Crippen molar-refractivity contribution in [2.24, 2.45) is 17.6 Å². The minimum absolute atomic E-state index is 0.0489. The highest BCUT2D eigenvalue weighted by Crippen LogP contribution is 2.53. The topological polar surface area (TPSA) is 359 Å². The van der Waals surface area contributed by atoms with Gasteiger partial charge in [0.25, 0.3) is 11.8 Å². The first kappa shape index (κ1) is 60.6. The van der Waals surface area contributed by atoms with Gasteiger partial charge >= 0.3 is 5.97 Å². The van der Waals surface area contributed by atoms with Crippen molar-refractivity contribution >= 4 is 64.4 Å². The van der Waals surface area contributed by atoms with Crippen molar-refractivity contribution in [3.05, 3.63) is 99.1 Å². The number of aromatic hydroxyl groups is 2. The predicted molar refractivity (Wildman–Crippen MR) is 282 cm³/mol. The SMILES string of the molecule is COc1cccc2c1C(=O)c1c(O)c3c(c(O)c1C2=O)C[C@@](O)(C(C)=O)C[C@@H]3O[C@H]1C[C@H](CC(=O)OCc2ccc(CC(=O)[C@H](CC(N)=O)NC(=O)[C@H](C)CC(=O)[C@H](C)NC(=O)CCCCCN3C(=O)C=CC3=O)cc2)[C@H](O)[C@H](C)O1. The van der Waals surface area contributed by atoms with Crippen LogP contribution in [0.4, 0.5) is 0 Å². The van der Waals surface area contributed by atoms with Gasteiger partial charge in [-0.1, -0.05) is 49.7 Å². The fourth-order valence-electron chi connectivity index (χ4n) is 10.5. The lowest BCUT2D eigenvalue weighted by atomic mass is 9.72. The largest absolute Gasteiger partial charge is 0.507 e. The summed E-state index contributed by atoms with van der Waals surface area (Å²) in [6, 6.07) is 8.39. The van der Waals surface area contributed by atoms with E-state index in [1.165, 1.54) is 58.2 Å². The van der Waals surface area contributed by atoms with Crippen molar-refractivity contribution in [2.75, 3.05) is 13.7 Å². The maximum atomic E-state index is 14.0. The van der Waals surface area contributed by atoms with E-state index >= 15 is 0 Å². The Balaban J connectivity index is 0.905. The van der Waals surface area contributed by atoms with E-state index in [1.54, 1.807) is 24.3 Å². The minimum atomic E-state index is -2.17. The lowest BCUT2D eigenvalue weighted by molar-refractivity contribution is -0.257. The molecule has 0 unspecified atom stereocenters. The molecule has 81 heavy (non-hydrogen) atoms. The molecule has 0 spiro atoms. The van der Waals surface area contributed by atoms with E-state index in [0.29, 0.717) is 30.4 Å². The zero-order chi connectivity index (χ0) is 59.2. The number of nitrogens with two attached hydrogens (primary N) is 1. The molecule has 9 atom stereocenters. The summed E-state index contributed by atoms with van der Waals surface area (Å²) >= 11 is 0. The number of aliphatic hydroxyl groups excluding tert-OH is 1. The number of hydrogen-bond donors (Lipinski definition) is 7. The van der Waals surface area contributed by atoms with Crippen LogP contribution in [0.5, 0.6) is 17.2 Å². The number of unbranched alkanes of at least 4 members (excludes halogenated alkanes) is 2. The van der Waals surface area contributed by atoms with Crippen molar-refractivity contribution in [3.8, 4) is 17.2 Å². The molecular formula is C58H66N4O19. The van der Waals surface area contributed by atoms with Gasteiger partial charge in [0.05, 0.1) is 67.0 Å². The summed E-state index contributed by atoms with van der Waals surface area (Å²) in [4.78, 5) is 143. The van der Waals surface area contributed by atoms with E-state index < -0.39 is 149 Å². The molecule has 5 amide bonds. The number of esters is 1. The average molecular weight is 1120 g/mol. The summed E-state index contributed by atoms with van der Waals surface area (Å²) in [5.41, 5.74) is 2.62. The van der Waals surface area contributed by atoms with E-state index in [9.17, 15) is 73.2 Å². The number of carbonyl (C=O) groups excluding carboxylic acids is 11. The Kier molecular flexibility index (Phi) is 19.2. The monoisotopic (exact) mass is 1120 g/mol. The maximum Gasteiger partial charge on any atom is 0.306 e. The van der Waals surface area contributed by atoms with Crippen LogP contribution in [0.1, 0.15) is 146 Å². The summed E-state index contributed by atoms with van der Waals surface area (Å²) in [5, 5.41) is 51.5. The van der Waals surface area contributed by atoms with Gasteiger partial charge in [0.2, 0.25) is 23.5 Å². The molecule has 3 aromatic rings. The summed E-state index contributed by atoms with van der Waals surface area (Å²) in [5.74, 6) is -9.97. The maximum absolute atomic E-state index is 14.0. The van der Waals surface area contributed by atoms with Gasteiger partial charge in [-0.15, -0.1) is 0 Å². The number of phenols is 2. The number of nitrogens with zero attached hydrogens (tertiary/aromatic N) is 1. The Morgan fingerprint density at radius 3 is 2.17 bits per heavy atom. The molecule has 3 aromatic carbocycles. The van der Waals surface area contributed by atoms with Gasteiger partial charge in [-0.2, -0.15) is 0 Å². The molecule has 2 aliphatic carbocycles. The lowest BCUT2D eigenvalue weighted by Gasteiger charge is -2.42. The number of fused-ring (bicyclic) bond motifs is 3. The number of ketones is 5. The molecule has 2 heterocycles. The number of carbonyl (C=O) groups is 11. The average Bonchev–Trinajstić information content (AvgIpc) is 3.85. The molecule has 23 nitrogen and oxygen atoms in total. The van der Waals surface area contributed by atoms with E-state index in [0.717, 1.165) is 11.8 Å². The molecule has 432 valence electrons. The number of nitrogens with one attached hydrogen (secondary N) is 2. The Morgan fingerprint density at radius 1 is 0.852 bits per heavy atom. The normalized spacial score (nSPS) is 22.2. The van der Waals surface area contributed by atoms with Crippen LogP contribution < -0.4 is 21.1 Å². The fraction of sp³-hybridized carbons (Fsp3) is 0.466. The summed E-state index contributed by atoms with van der Waals surface area (Å²) < 4.78 is 23.2. The second-order valence-corrected chi connectivity index (χ2v) is 21.1. The van der Waals surface area contributed by atoms with Gasteiger partial charge in [0.15, 0.2) is 29.4 Å². The predicted octanol–water partition coefficient (Wildman–Crippen LogP) is 2.51. The van der Waals surface area contributed by atoms with Crippen LogP contribution in [0.15, 0.2) is 54.6 Å². The molecule has 0 saturated carbocycles. The molecule has 23 heteroatoms. The number of amides is 5. The fourth-order valence-corrected chi connectivity index (χ4v) is 10.5. The molecule has 0 radical (unpaired) electrons. The molecule has 0 aromatic heterocycles. The molecule has 8 N–H and O–H groups in total. The summed E-state index contributed by atoms with van der Waals surface area (Å²) in [6.07, 6.45) is -3.35. The Labute approximate surface area is 465 Å². The number of hydrogen-bond acceptors (Lipinski definition) is 19. The smallest absolute Gasteiger partial charge is 0.306 e. The Morgan fingerprint density at radius 2 is 1.52 bits per heavy atom. The zero-order valence-electron chi connectivity index (χ0n) is 45.4. The minimum Gasteiger partial charge on any atom is -0.507 e. The molecular weight excluding hydrogens is 1060 g/mol. The number of rotatable bonds is 25. The number of ether oxygens (including phenoxy) is 4. The van der Waals surface area contributed by atoms with Gasteiger partial charge in [-0.05, 0) is 50.8 Å². The van der Waals surface area contributed by atoms with Crippen molar-refractivity contribution in [2.45, 2.75) is 147 Å². The van der Waals surface area contributed by atoms with Crippen molar-refractivity contribution < 1.29 is 92.1 Å². The molecule has 4 aliphatic rings. The summed E-state index contributed by atoms with van der Waals surface area (Å²) in [7, 11) is 1.30. The number of aliphatic hydroxyl groups is 2. The van der Waals surface area contributed by atoms with Crippen molar-refractivity contribution in [3.63, 3.8) is 0 Å². The molecule has 1 saturated heterocycles. The number of phenolic OH excluding ortho intramolecular Hbond substituents is 2. The first-order valence-corrected chi connectivity index (χ1v) is 26.6.